The third-order valence-corrected chi connectivity index (χ3v) is 6.04. The minimum absolute atomic E-state index is 0.0555. The molecule has 1 heterocycles. The maximum atomic E-state index is 6.66. The highest BCUT2D eigenvalue weighted by Crippen LogP contribution is 2.46. The van der Waals surface area contributed by atoms with Gasteiger partial charge in [0.05, 0.1) is 11.4 Å². The van der Waals surface area contributed by atoms with E-state index in [1.807, 2.05) is 43.4 Å². The lowest BCUT2D eigenvalue weighted by Gasteiger charge is -2.45. The standard InChI is InChI=1S/C28H33N3/c1-4-7-10-16-26(15-8-5-2)31(29)27-19-25-17-18-30-22-28(25,21-24(27)6-3)20-23-13-11-9-12-14-23/h1,5-6,8-16,19,30H,3,7,17-18,20-22,29H2,2H3/b8-5-,16-10-,26-15+. The molecule has 0 amide bonds. The van der Waals surface area contributed by atoms with Crippen molar-refractivity contribution >= 4 is 0 Å². The average molecular weight is 412 g/mol. The summed E-state index contributed by atoms with van der Waals surface area (Å²) in [4.78, 5) is 0. The lowest BCUT2D eigenvalue weighted by Crippen LogP contribution is -2.46. The van der Waals surface area contributed by atoms with Crippen molar-refractivity contribution in [2.45, 2.75) is 32.6 Å². The van der Waals surface area contributed by atoms with Gasteiger partial charge < -0.3 is 5.32 Å². The topological polar surface area (TPSA) is 41.3 Å². The molecule has 1 aromatic rings. The van der Waals surface area contributed by atoms with E-state index in [4.69, 9.17) is 12.3 Å². The molecule has 160 valence electrons. The Morgan fingerprint density at radius 3 is 2.87 bits per heavy atom. The van der Waals surface area contributed by atoms with Crippen LogP contribution in [0.1, 0.15) is 31.7 Å². The number of benzene rings is 1. The summed E-state index contributed by atoms with van der Waals surface area (Å²) in [6.45, 7) is 8.07. The summed E-state index contributed by atoms with van der Waals surface area (Å²) < 4.78 is 0. The van der Waals surface area contributed by atoms with E-state index in [2.05, 4.69) is 54.2 Å². The first-order chi connectivity index (χ1) is 15.1. The lowest BCUT2D eigenvalue weighted by atomic mass is 9.65. The predicted octanol–water partition coefficient (Wildman–Crippen LogP) is 5.19. The van der Waals surface area contributed by atoms with Crippen LogP contribution in [-0.2, 0) is 6.42 Å². The predicted molar refractivity (Wildman–Crippen MR) is 132 cm³/mol. The van der Waals surface area contributed by atoms with Crippen LogP contribution in [0.15, 0.2) is 102 Å². The fourth-order valence-electron chi connectivity index (χ4n) is 4.47. The first-order valence-corrected chi connectivity index (χ1v) is 10.9. The van der Waals surface area contributed by atoms with E-state index >= 15 is 0 Å². The number of terminal acetylenes is 1. The molecule has 1 aromatic carbocycles. The number of allylic oxidation sites excluding steroid dienone is 8. The summed E-state index contributed by atoms with van der Waals surface area (Å²) in [5.41, 5.74) is 5.95. The Labute approximate surface area is 187 Å². The Morgan fingerprint density at radius 1 is 1.35 bits per heavy atom. The summed E-state index contributed by atoms with van der Waals surface area (Å²) in [7, 11) is 0. The van der Waals surface area contributed by atoms with E-state index in [9.17, 15) is 0 Å². The molecule has 31 heavy (non-hydrogen) atoms. The molecule has 1 fully saturated rings. The molecule has 3 nitrogen and oxygen atoms in total. The smallest absolute Gasteiger partial charge is 0.0607 e. The van der Waals surface area contributed by atoms with Crippen molar-refractivity contribution in [3.63, 3.8) is 0 Å². The summed E-state index contributed by atoms with van der Waals surface area (Å²) in [6.07, 6.45) is 23.1. The Bertz CT molecular complexity index is 969. The number of nitrogens with zero attached hydrogens (tertiary/aromatic N) is 1. The Morgan fingerprint density at radius 2 is 2.16 bits per heavy atom. The summed E-state index contributed by atoms with van der Waals surface area (Å²) in [5, 5.41) is 5.40. The second-order valence-corrected chi connectivity index (χ2v) is 8.13. The molecular formula is C28H33N3. The number of nitrogens with one attached hydrogen (secondary N) is 1. The largest absolute Gasteiger partial charge is 0.316 e. The molecule has 0 radical (unpaired) electrons. The van der Waals surface area contributed by atoms with Crippen LogP contribution in [0.3, 0.4) is 0 Å². The number of fused-ring (bicyclic) bond motifs is 1. The van der Waals surface area contributed by atoms with Gasteiger partial charge in [-0.25, -0.2) is 5.84 Å². The third kappa shape index (κ3) is 5.35. The van der Waals surface area contributed by atoms with Gasteiger partial charge in [0.15, 0.2) is 0 Å². The van der Waals surface area contributed by atoms with Gasteiger partial charge in [0, 0.05) is 18.4 Å². The van der Waals surface area contributed by atoms with Crippen LogP contribution >= 0.6 is 0 Å². The van der Waals surface area contributed by atoms with Gasteiger partial charge >= 0.3 is 0 Å². The van der Waals surface area contributed by atoms with Crippen LogP contribution in [0.4, 0.5) is 0 Å². The minimum atomic E-state index is 0.0555. The van der Waals surface area contributed by atoms with Gasteiger partial charge in [-0.15, -0.1) is 12.3 Å². The normalized spacial score (nSPS) is 21.7. The number of piperidine rings is 1. The molecule has 0 saturated carbocycles. The van der Waals surface area contributed by atoms with Crippen LogP contribution in [0.5, 0.6) is 0 Å². The van der Waals surface area contributed by atoms with Crippen molar-refractivity contribution in [3.8, 4) is 12.3 Å². The van der Waals surface area contributed by atoms with Crippen LogP contribution < -0.4 is 11.2 Å². The molecule has 1 saturated heterocycles. The molecule has 3 rings (SSSR count). The quantitative estimate of drug-likeness (QED) is 0.268. The minimum Gasteiger partial charge on any atom is -0.316 e. The van der Waals surface area contributed by atoms with E-state index in [0.717, 1.165) is 43.7 Å². The Kier molecular flexibility index (Phi) is 7.89. The number of rotatable bonds is 8. The first-order valence-electron chi connectivity index (χ1n) is 10.9. The maximum Gasteiger partial charge on any atom is 0.0607 e. The van der Waals surface area contributed by atoms with Crippen molar-refractivity contribution in [3.05, 3.63) is 108 Å². The summed E-state index contributed by atoms with van der Waals surface area (Å²) in [6, 6.07) is 10.7. The van der Waals surface area contributed by atoms with E-state index in [0.29, 0.717) is 6.42 Å². The highest BCUT2D eigenvalue weighted by atomic mass is 15.4. The van der Waals surface area contributed by atoms with Gasteiger partial charge in [0.1, 0.15) is 0 Å². The van der Waals surface area contributed by atoms with Crippen molar-refractivity contribution in [2.75, 3.05) is 13.1 Å². The zero-order chi connectivity index (χ0) is 22.1. The van der Waals surface area contributed by atoms with Crippen LogP contribution in [0, 0.1) is 17.8 Å². The highest BCUT2D eigenvalue weighted by molar-refractivity contribution is 5.46. The van der Waals surface area contributed by atoms with Gasteiger partial charge in [-0.2, -0.15) is 0 Å². The zero-order valence-corrected chi connectivity index (χ0v) is 18.5. The van der Waals surface area contributed by atoms with Gasteiger partial charge in [-0.05, 0) is 62.1 Å². The number of hydrogen-bond donors (Lipinski definition) is 2. The van der Waals surface area contributed by atoms with Crippen LogP contribution in [0.25, 0.3) is 0 Å². The van der Waals surface area contributed by atoms with Crippen LogP contribution in [-0.4, -0.2) is 18.1 Å². The molecule has 1 atom stereocenters. The molecule has 3 heteroatoms. The molecule has 2 aliphatic rings. The second kappa shape index (κ2) is 10.8. The van der Waals surface area contributed by atoms with Crippen molar-refractivity contribution in [1.29, 1.82) is 0 Å². The van der Waals surface area contributed by atoms with Crippen molar-refractivity contribution < 1.29 is 0 Å². The van der Waals surface area contributed by atoms with E-state index in [1.54, 1.807) is 5.01 Å². The molecule has 3 N–H and O–H groups in total. The highest BCUT2D eigenvalue weighted by Gasteiger charge is 2.40. The molecule has 0 bridgehead atoms. The fraction of sp³-hybridized carbons (Fsp3) is 0.286. The SMILES string of the molecule is C#CC\C=C/C(=C\C=C/C)N(N)C1=C(C=C)CC2(Cc3ccccc3)CNCCC2=C1. The fourth-order valence-corrected chi connectivity index (χ4v) is 4.47. The monoisotopic (exact) mass is 411 g/mol. The average Bonchev–Trinajstić information content (AvgIpc) is 2.80. The van der Waals surface area contributed by atoms with Crippen molar-refractivity contribution in [1.82, 2.24) is 10.3 Å². The number of hydrazine groups is 1. The molecule has 0 aromatic heterocycles. The van der Waals surface area contributed by atoms with Gasteiger partial charge in [-0.3, -0.25) is 5.01 Å². The molecule has 1 unspecified atom stereocenters. The maximum absolute atomic E-state index is 6.66. The molecule has 1 aliphatic heterocycles. The van der Waals surface area contributed by atoms with Gasteiger partial charge in [-0.1, -0.05) is 66.8 Å². The van der Waals surface area contributed by atoms with E-state index in [-0.39, 0.29) is 5.41 Å². The third-order valence-electron chi connectivity index (χ3n) is 6.04. The molecule has 0 spiro atoms. The summed E-state index contributed by atoms with van der Waals surface area (Å²) in [5.74, 6) is 9.31. The zero-order valence-electron chi connectivity index (χ0n) is 18.5. The summed E-state index contributed by atoms with van der Waals surface area (Å²) >= 11 is 0. The first kappa shape index (κ1) is 22.6. The van der Waals surface area contributed by atoms with Crippen LogP contribution in [0.2, 0.25) is 0 Å². The molecular weight excluding hydrogens is 378 g/mol. The number of hydrogen-bond acceptors (Lipinski definition) is 3. The second-order valence-electron chi connectivity index (χ2n) is 8.13. The molecule has 1 aliphatic carbocycles. The van der Waals surface area contributed by atoms with Gasteiger partial charge in [0.25, 0.3) is 0 Å². The van der Waals surface area contributed by atoms with Gasteiger partial charge in [0.2, 0.25) is 0 Å². The number of nitrogens with two attached hydrogens (primary N) is 1. The Hall–Kier alpha value is -3.06. The van der Waals surface area contributed by atoms with Crippen molar-refractivity contribution in [2.24, 2.45) is 11.3 Å². The Balaban J connectivity index is 1.98. The van der Waals surface area contributed by atoms with E-state index in [1.165, 1.54) is 16.7 Å². The lowest BCUT2D eigenvalue weighted by molar-refractivity contribution is 0.278. The van der Waals surface area contributed by atoms with E-state index < -0.39 is 0 Å².